The Hall–Kier alpha value is -3.04. The maximum Gasteiger partial charge on any atom is 0.331 e. The molecule has 0 heterocycles. The van der Waals surface area contributed by atoms with Crippen LogP contribution >= 0.6 is 0 Å². The fourth-order valence-electron chi connectivity index (χ4n) is 3.57. The first-order valence-corrected chi connectivity index (χ1v) is 14.7. The maximum absolute atomic E-state index is 12.0. The van der Waals surface area contributed by atoms with Crippen molar-refractivity contribution in [3.63, 3.8) is 0 Å². The average Bonchev–Trinajstić information content (AvgIpc) is 2.89. The summed E-state index contributed by atoms with van der Waals surface area (Å²) < 4.78 is 47.0. The molecule has 0 aliphatic rings. The van der Waals surface area contributed by atoms with Gasteiger partial charge in [0.2, 0.25) is 0 Å². The van der Waals surface area contributed by atoms with Crippen molar-refractivity contribution in [2.24, 2.45) is 0 Å². The molecule has 0 spiro atoms. The summed E-state index contributed by atoms with van der Waals surface area (Å²) in [4.78, 5) is 11.3. The van der Waals surface area contributed by atoms with Crippen molar-refractivity contribution in [1.82, 2.24) is 0 Å². The fraction of sp³-hybridized carbons (Fsp3) is 0.483. The van der Waals surface area contributed by atoms with E-state index in [4.69, 9.17) is 18.4 Å². The SMILES string of the molecule is C=C(CC(OCC)c1ccc(OCCc2ccc(OS(=O)(=O)CCCC)cc2)c(OCCCC)c1)C(=O)O. The van der Waals surface area contributed by atoms with Crippen molar-refractivity contribution in [2.45, 2.75) is 65.4 Å². The van der Waals surface area contributed by atoms with E-state index in [1.807, 2.05) is 44.2 Å². The van der Waals surface area contributed by atoms with E-state index in [1.54, 1.807) is 12.1 Å². The monoisotopic (exact) mass is 548 g/mol. The van der Waals surface area contributed by atoms with E-state index in [0.717, 1.165) is 30.4 Å². The van der Waals surface area contributed by atoms with Gasteiger partial charge in [0.15, 0.2) is 11.5 Å². The lowest BCUT2D eigenvalue weighted by Gasteiger charge is -2.20. The predicted octanol–water partition coefficient (Wildman–Crippen LogP) is 6.10. The van der Waals surface area contributed by atoms with Crippen LogP contribution < -0.4 is 13.7 Å². The summed E-state index contributed by atoms with van der Waals surface area (Å²) >= 11 is 0. The van der Waals surface area contributed by atoms with Crippen molar-refractivity contribution < 1.29 is 36.7 Å². The zero-order valence-corrected chi connectivity index (χ0v) is 23.4. The van der Waals surface area contributed by atoms with Crippen LogP contribution in [0.4, 0.5) is 0 Å². The number of rotatable bonds is 19. The van der Waals surface area contributed by atoms with Gasteiger partial charge >= 0.3 is 16.1 Å². The Morgan fingerprint density at radius 2 is 1.63 bits per heavy atom. The minimum Gasteiger partial charge on any atom is -0.490 e. The highest BCUT2D eigenvalue weighted by Crippen LogP contribution is 2.34. The largest absolute Gasteiger partial charge is 0.490 e. The molecule has 0 saturated heterocycles. The second kappa shape index (κ2) is 16.0. The number of carboxylic acids is 1. The number of ether oxygens (including phenoxy) is 3. The van der Waals surface area contributed by atoms with Gasteiger partial charge in [-0.05, 0) is 55.2 Å². The molecule has 0 saturated carbocycles. The van der Waals surface area contributed by atoms with Crippen LogP contribution in [0.3, 0.4) is 0 Å². The number of hydrogen-bond donors (Lipinski definition) is 1. The van der Waals surface area contributed by atoms with Crippen LogP contribution in [-0.4, -0.2) is 45.1 Å². The number of carbonyl (C=O) groups is 1. The van der Waals surface area contributed by atoms with Gasteiger partial charge in [-0.3, -0.25) is 0 Å². The van der Waals surface area contributed by atoms with Crippen LogP contribution in [0.2, 0.25) is 0 Å². The van der Waals surface area contributed by atoms with Crippen LogP contribution in [0.15, 0.2) is 54.6 Å². The molecule has 2 rings (SSSR count). The van der Waals surface area contributed by atoms with Gasteiger partial charge in [0.25, 0.3) is 0 Å². The number of aliphatic carboxylic acids is 1. The lowest BCUT2D eigenvalue weighted by Crippen LogP contribution is -2.13. The summed E-state index contributed by atoms with van der Waals surface area (Å²) in [5.74, 6) is 0.399. The topological polar surface area (TPSA) is 108 Å². The molecule has 1 atom stereocenters. The van der Waals surface area contributed by atoms with Gasteiger partial charge in [0, 0.05) is 25.0 Å². The minimum absolute atomic E-state index is 0.000168. The molecule has 1 N–H and O–H groups in total. The van der Waals surface area contributed by atoms with E-state index in [9.17, 15) is 18.3 Å². The molecule has 0 bridgehead atoms. The Kier molecular flexibility index (Phi) is 13.2. The van der Waals surface area contributed by atoms with Crippen molar-refractivity contribution in [1.29, 1.82) is 0 Å². The van der Waals surface area contributed by atoms with Gasteiger partial charge in [-0.1, -0.05) is 51.5 Å². The molecular weight excluding hydrogens is 508 g/mol. The number of carboxylic acid groups (broad SMARTS) is 1. The van der Waals surface area contributed by atoms with Gasteiger partial charge in [-0.25, -0.2) is 4.79 Å². The molecule has 9 heteroatoms. The van der Waals surface area contributed by atoms with Gasteiger partial charge in [-0.2, -0.15) is 8.42 Å². The van der Waals surface area contributed by atoms with E-state index < -0.39 is 22.2 Å². The first-order chi connectivity index (χ1) is 18.2. The molecular formula is C29H40O8S. The maximum atomic E-state index is 12.0. The van der Waals surface area contributed by atoms with Crippen LogP contribution in [0.5, 0.6) is 17.2 Å². The second-order valence-corrected chi connectivity index (χ2v) is 10.6. The molecule has 0 aromatic heterocycles. The molecule has 8 nitrogen and oxygen atoms in total. The molecule has 0 aliphatic carbocycles. The Morgan fingerprint density at radius 1 is 0.947 bits per heavy atom. The summed E-state index contributed by atoms with van der Waals surface area (Å²) in [6.07, 6.45) is 3.51. The molecule has 1 unspecified atom stereocenters. The van der Waals surface area contributed by atoms with Gasteiger partial charge in [0.1, 0.15) is 5.75 Å². The van der Waals surface area contributed by atoms with Crippen LogP contribution in [0.1, 0.15) is 70.1 Å². The summed E-state index contributed by atoms with van der Waals surface area (Å²) in [7, 11) is -3.58. The summed E-state index contributed by atoms with van der Waals surface area (Å²) in [5.41, 5.74) is 1.83. The molecule has 0 aliphatic heterocycles. The summed E-state index contributed by atoms with van der Waals surface area (Å²) in [6, 6.07) is 12.4. The molecule has 2 aromatic rings. The summed E-state index contributed by atoms with van der Waals surface area (Å²) in [6.45, 7) is 10.8. The van der Waals surface area contributed by atoms with E-state index in [0.29, 0.717) is 49.9 Å². The van der Waals surface area contributed by atoms with E-state index >= 15 is 0 Å². The average molecular weight is 549 g/mol. The van der Waals surface area contributed by atoms with Gasteiger partial charge in [-0.15, -0.1) is 0 Å². The van der Waals surface area contributed by atoms with Gasteiger partial charge in [0.05, 0.1) is 25.1 Å². The fourth-order valence-corrected chi connectivity index (χ4v) is 4.70. The quantitative estimate of drug-likeness (QED) is 0.127. The van der Waals surface area contributed by atoms with Crippen molar-refractivity contribution >= 4 is 16.1 Å². The molecule has 38 heavy (non-hydrogen) atoms. The summed E-state index contributed by atoms with van der Waals surface area (Å²) in [5, 5.41) is 9.24. The minimum atomic E-state index is -3.58. The van der Waals surface area contributed by atoms with E-state index in [1.165, 1.54) is 0 Å². The van der Waals surface area contributed by atoms with Crippen LogP contribution in [0, 0.1) is 0 Å². The first kappa shape index (κ1) is 31.2. The Morgan fingerprint density at radius 3 is 2.26 bits per heavy atom. The standard InChI is InChI=1S/C29H40O8S/c1-5-8-17-35-28-21-24(27(34-7-3)20-22(4)29(30)31)12-15-26(28)36-18-16-23-10-13-25(14-11-23)37-38(32,33)19-9-6-2/h10-15,21,27H,4-9,16-20H2,1-3H3,(H,30,31). The Labute approximate surface area is 226 Å². The van der Waals surface area contributed by atoms with Crippen molar-refractivity contribution in [2.75, 3.05) is 25.6 Å². The lowest BCUT2D eigenvalue weighted by molar-refractivity contribution is -0.133. The molecule has 210 valence electrons. The third kappa shape index (κ3) is 10.8. The highest BCUT2D eigenvalue weighted by Gasteiger charge is 2.19. The number of unbranched alkanes of at least 4 members (excludes halogenated alkanes) is 2. The third-order valence-electron chi connectivity index (χ3n) is 5.74. The lowest BCUT2D eigenvalue weighted by atomic mass is 10.0. The molecule has 0 fully saturated rings. The highest BCUT2D eigenvalue weighted by molar-refractivity contribution is 7.87. The van der Waals surface area contributed by atoms with Crippen molar-refractivity contribution in [3.05, 3.63) is 65.7 Å². The Balaban J connectivity index is 2.07. The van der Waals surface area contributed by atoms with Gasteiger partial charge < -0.3 is 23.5 Å². The highest BCUT2D eigenvalue weighted by atomic mass is 32.2. The third-order valence-corrected chi connectivity index (χ3v) is 6.97. The zero-order valence-electron chi connectivity index (χ0n) is 22.6. The zero-order chi connectivity index (χ0) is 28.0. The molecule has 0 radical (unpaired) electrons. The normalized spacial score (nSPS) is 12.1. The van der Waals surface area contributed by atoms with Crippen molar-refractivity contribution in [3.8, 4) is 17.2 Å². The first-order valence-electron chi connectivity index (χ1n) is 13.1. The second-order valence-electron chi connectivity index (χ2n) is 8.91. The van der Waals surface area contributed by atoms with E-state index in [2.05, 4.69) is 13.5 Å². The van der Waals surface area contributed by atoms with E-state index in [-0.39, 0.29) is 17.7 Å². The number of hydrogen-bond acceptors (Lipinski definition) is 7. The van der Waals surface area contributed by atoms with Crippen LogP contribution in [0.25, 0.3) is 0 Å². The Bertz CT molecular complexity index is 1130. The molecule has 0 amide bonds. The smallest absolute Gasteiger partial charge is 0.331 e. The predicted molar refractivity (Wildman–Crippen MR) is 148 cm³/mol. The number of benzene rings is 2. The molecule has 2 aromatic carbocycles. The van der Waals surface area contributed by atoms with Crippen LogP contribution in [-0.2, 0) is 26.1 Å².